The zero-order valence-electron chi connectivity index (χ0n) is 9.65. The summed E-state index contributed by atoms with van der Waals surface area (Å²) in [6.45, 7) is 1.83. The lowest BCUT2D eigenvalue weighted by Gasteiger charge is -2.34. The van der Waals surface area contributed by atoms with E-state index >= 15 is 0 Å². The van der Waals surface area contributed by atoms with Crippen molar-refractivity contribution in [1.82, 2.24) is 19.9 Å². The van der Waals surface area contributed by atoms with Crippen molar-refractivity contribution >= 4 is 17.4 Å². The van der Waals surface area contributed by atoms with E-state index in [4.69, 9.17) is 0 Å². The Bertz CT molecular complexity index is 582. The minimum atomic E-state index is -0.836. The minimum absolute atomic E-state index is 0.432. The van der Waals surface area contributed by atoms with Gasteiger partial charge >= 0.3 is 5.97 Å². The van der Waals surface area contributed by atoms with Crippen LogP contribution in [0.2, 0.25) is 0 Å². The van der Waals surface area contributed by atoms with Crippen LogP contribution in [0.4, 0.5) is 5.82 Å². The Morgan fingerprint density at radius 1 is 1.50 bits per heavy atom. The third-order valence-corrected chi connectivity index (χ3v) is 3.07. The largest absolute Gasteiger partial charge is 0.480 e. The van der Waals surface area contributed by atoms with Crippen LogP contribution >= 0.6 is 0 Å². The van der Waals surface area contributed by atoms with Crippen LogP contribution in [0.3, 0.4) is 0 Å². The van der Waals surface area contributed by atoms with Gasteiger partial charge in [0, 0.05) is 31.9 Å². The predicted molar refractivity (Wildman–Crippen MR) is 64.6 cm³/mol. The summed E-state index contributed by atoms with van der Waals surface area (Å²) in [5, 5.41) is 16.4. The van der Waals surface area contributed by atoms with E-state index in [2.05, 4.69) is 15.4 Å². The highest BCUT2D eigenvalue weighted by Gasteiger charge is 2.29. The summed E-state index contributed by atoms with van der Waals surface area (Å²) in [6, 6.07) is 3.01. The predicted octanol–water partition coefficient (Wildman–Crippen LogP) is -0.408. The third kappa shape index (κ3) is 1.78. The molecule has 2 aromatic rings. The highest BCUT2D eigenvalue weighted by molar-refractivity contribution is 5.78. The Kier molecular flexibility index (Phi) is 2.60. The first-order chi connectivity index (χ1) is 8.75. The molecule has 0 amide bonds. The molecule has 0 aromatic carbocycles. The van der Waals surface area contributed by atoms with E-state index in [0.717, 1.165) is 12.2 Å². The second kappa shape index (κ2) is 4.26. The van der Waals surface area contributed by atoms with Crippen LogP contribution in [0.1, 0.15) is 0 Å². The van der Waals surface area contributed by atoms with Crippen LogP contribution < -0.4 is 10.2 Å². The van der Waals surface area contributed by atoms with Gasteiger partial charge in [0.25, 0.3) is 0 Å². The average Bonchev–Trinajstić information content (AvgIpc) is 2.85. The maximum Gasteiger partial charge on any atom is 0.327 e. The van der Waals surface area contributed by atoms with Crippen molar-refractivity contribution in [3.8, 4) is 0 Å². The van der Waals surface area contributed by atoms with Gasteiger partial charge in [-0.2, -0.15) is 5.10 Å². The van der Waals surface area contributed by atoms with Crippen LogP contribution in [0.15, 0.2) is 24.5 Å². The van der Waals surface area contributed by atoms with E-state index in [9.17, 15) is 9.90 Å². The number of nitrogens with zero attached hydrogens (tertiary/aromatic N) is 4. The van der Waals surface area contributed by atoms with E-state index in [0.29, 0.717) is 18.9 Å². The SMILES string of the molecule is O=C(O)C1CNCCN1c1ccn2nccc2n1. The summed E-state index contributed by atoms with van der Waals surface area (Å²) in [5.41, 5.74) is 0.718. The highest BCUT2D eigenvalue weighted by Crippen LogP contribution is 2.16. The maximum absolute atomic E-state index is 11.2. The van der Waals surface area contributed by atoms with Gasteiger partial charge in [0.1, 0.15) is 11.9 Å². The van der Waals surface area contributed by atoms with Gasteiger partial charge < -0.3 is 15.3 Å². The molecule has 7 heteroatoms. The number of carboxylic acids is 1. The summed E-state index contributed by atoms with van der Waals surface area (Å²) in [6.07, 6.45) is 3.46. The number of carboxylic acid groups (broad SMARTS) is 1. The van der Waals surface area contributed by atoms with Gasteiger partial charge in [-0.25, -0.2) is 14.3 Å². The zero-order valence-corrected chi connectivity index (χ0v) is 9.65. The van der Waals surface area contributed by atoms with Crippen molar-refractivity contribution in [2.24, 2.45) is 0 Å². The van der Waals surface area contributed by atoms with Crippen molar-refractivity contribution in [2.75, 3.05) is 24.5 Å². The standard InChI is InChI=1S/C11H13N5O2/c17-11(18)8-7-12-4-6-15(8)9-2-5-16-10(14-9)1-3-13-16/h1-3,5,8,12H,4,6-7H2,(H,17,18). The first-order valence-electron chi connectivity index (χ1n) is 5.76. The molecule has 1 aliphatic heterocycles. The number of anilines is 1. The molecule has 1 unspecified atom stereocenters. The molecule has 0 bridgehead atoms. The molecule has 2 aromatic heterocycles. The Labute approximate surface area is 103 Å². The Hall–Kier alpha value is -2.15. The van der Waals surface area contributed by atoms with Crippen LogP contribution in [0.25, 0.3) is 5.65 Å². The van der Waals surface area contributed by atoms with Crippen molar-refractivity contribution in [3.05, 3.63) is 24.5 Å². The van der Waals surface area contributed by atoms with E-state index in [1.165, 1.54) is 0 Å². The molecule has 2 N–H and O–H groups in total. The molecular weight excluding hydrogens is 234 g/mol. The minimum Gasteiger partial charge on any atom is -0.480 e. The second-order valence-electron chi connectivity index (χ2n) is 4.17. The van der Waals surface area contributed by atoms with E-state index < -0.39 is 12.0 Å². The van der Waals surface area contributed by atoms with Crippen LogP contribution in [-0.4, -0.2) is 51.4 Å². The van der Waals surface area contributed by atoms with Gasteiger partial charge in [0.2, 0.25) is 0 Å². The molecule has 1 fully saturated rings. The molecule has 7 nitrogen and oxygen atoms in total. The first-order valence-corrected chi connectivity index (χ1v) is 5.76. The average molecular weight is 247 g/mol. The Morgan fingerprint density at radius 2 is 2.39 bits per heavy atom. The molecule has 0 aliphatic carbocycles. The number of nitrogens with one attached hydrogen (secondary N) is 1. The first kappa shape index (κ1) is 11.0. The number of aromatic nitrogens is 3. The van der Waals surface area contributed by atoms with Gasteiger partial charge in [0.05, 0.1) is 6.20 Å². The molecule has 1 saturated heterocycles. The van der Waals surface area contributed by atoms with Crippen molar-refractivity contribution in [1.29, 1.82) is 0 Å². The molecule has 3 rings (SSSR count). The second-order valence-corrected chi connectivity index (χ2v) is 4.17. The van der Waals surface area contributed by atoms with Gasteiger partial charge in [-0.3, -0.25) is 0 Å². The monoisotopic (exact) mass is 247 g/mol. The van der Waals surface area contributed by atoms with Gasteiger partial charge in [-0.05, 0) is 6.07 Å². The molecule has 18 heavy (non-hydrogen) atoms. The number of fused-ring (bicyclic) bond motifs is 1. The number of carbonyl (C=O) groups is 1. The Balaban J connectivity index is 1.97. The zero-order chi connectivity index (χ0) is 12.5. The van der Waals surface area contributed by atoms with Crippen molar-refractivity contribution in [2.45, 2.75) is 6.04 Å². The molecular formula is C11H13N5O2. The smallest absolute Gasteiger partial charge is 0.327 e. The third-order valence-electron chi connectivity index (χ3n) is 3.07. The van der Waals surface area contributed by atoms with Gasteiger partial charge in [-0.15, -0.1) is 0 Å². The number of hydrogen-bond acceptors (Lipinski definition) is 5. The summed E-state index contributed by atoms with van der Waals surface area (Å²) in [5.74, 6) is -0.158. The highest BCUT2D eigenvalue weighted by atomic mass is 16.4. The van der Waals surface area contributed by atoms with E-state index in [1.807, 2.05) is 4.90 Å². The molecule has 1 atom stereocenters. The lowest BCUT2D eigenvalue weighted by molar-refractivity contribution is -0.138. The fraction of sp³-hybridized carbons (Fsp3) is 0.364. The lowest BCUT2D eigenvalue weighted by atomic mass is 10.2. The summed E-state index contributed by atoms with van der Waals surface area (Å²) in [4.78, 5) is 17.5. The fourth-order valence-corrected chi connectivity index (χ4v) is 2.16. The van der Waals surface area contributed by atoms with Crippen molar-refractivity contribution < 1.29 is 9.90 Å². The summed E-state index contributed by atoms with van der Waals surface area (Å²) < 4.78 is 1.65. The normalized spacial score (nSPS) is 20.2. The topological polar surface area (TPSA) is 82.8 Å². The van der Waals surface area contributed by atoms with E-state index in [1.54, 1.807) is 29.0 Å². The number of piperazine rings is 1. The molecule has 3 heterocycles. The summed E-state index contributed by atoms with van der Waals surface area (Å²) >= 11 is 0. The van der Waals surface area contributed by atoms with Gasteiger partial charge in [-0.1, -0.05) is 0 Å². The molecule has 0 spiro atoms. The van der Waals surface area contributed by atoms with Crippen LogP contribution in [0.5, 0.6) is 0 Å². The molecule has 1 aliphatic rings. The Morgan fingerprint density at radius 3 is 3.22 bits per heavy atom. The number of rotatable bonds is 2. The van der Waals surface area contributed by atoms with Gasteiger partial charge in [0.15, 0.2) is 5.65 Å². The summed E-state index contributed by atoms with van der Waals surface area (Å²) in [7, 11) is 0. The van der Waals surface area contributed by atoms with E-state index in [-0.39, 0.29) is 0 Å². The van der Waals surface area contributed by atoms with Crippen LogP contribution in [0, 0.1) is 0 Å². The number of hydrogen-bond donors (Lipinski definition) is 2. The maximum atomic E-state index is 11.2. The lowest BCUT2D eigenvalue weighted by Crippen LogP contribution is -2.55. The molecule has 94 valence electrons. The van der Waals surface area contributed by atoms with Crippen LogP contribution in [-0.2, 0) is 4.79 Å². The number of aliphatic carboxylic acids is 1. The molecule has 0 saturated carbocycles. The fourth-order valence-electron chi connectivity index (χ4n) is 2.16. The molecule has 0 radical (unpaired) electrons. The van der Waals surface area contributed by atoms with Crippen molar-refractivity contribution in [3.63, 3.8) is 0 Å². The quantitative estimate of drug-likeness (QED) is 0.751.